The molecular formula is C27H42Cl3N3O2. The minimum Gasteiger partial charge on any atom is -0.412 e. The SMILES string of the molecule is CN(C)c1ccc(CN(c2c(Cl)cccc2Cl)C(CCOCC(C)(C)C)N2CCCC2)cc1.Cl.O. The molecule has 2 aromatic rings. The predicted octanol–water partition coefficient (Wildman–Crippen LogP) is 6.54. The molecule has 1 unspecified atom stereocenters. The van der Waals surface area contributed by atoms with E-state index in [1.165, 1.54) is 24.1 Å². The summed E-state index contributed by atoms with van der Waals surface area (Å²) in [6, 6.07) is 14.5. The highest BCUT2D eigenvalue weighted by molar-refractivity contribution is 6.39. The number of para-hydroxylation sites is 1. The van der Waals surface area contributed by atoms with Crippen LogP contribution < -0.4 is 9.80 Å². The van der Waals surface area contributed by atoms with Crippen molar-refractivity contribution >= 4 is 47.0 Å². The number of rotatable bonds is 10. The maximum atomic E-state index is 6.75. The maximum Gasteiger partial charge on any atom is 0.0847 e. The third-order valence-corrected chi connectivity index (χ3v) is 6.62. The Morgan fingerprint density at radius 3 is 2.06 bits per heavy atom. The molecule has 198 valence electrons. The van der Waals surface area contributed by atoms with Crippen molar-refractivity contribution in [3.8, 4) is 0 Å². The van der Waals surface area contributed by atoms with Gasteiger partial charge in [-0.05, 0) is 48.1 Å². The van der Waals surface area contributed by atoms with Gasteiger partial charge in [0, 0.05) is 52.4 Å². The third-order valence-electron chi connectivity index (χ3n) is 6.01. The summed E-state index contributed by atoms with van der Waals surface area (Å²) in [6.07, 6.45) is 3.51. The molecule has 1 aliphatic rings. The standard InChI is InChI=1S/C27H39Cl2N3O.ClH.H2O/c1-27(2,3)20-33-18-15-25(31-16-6-7-17-31)32(26-23(28)9-8-10-24(26)29)19-21-11-13-22(14-12-21)30(4)5;;/h8-14,25H,6-7,15-20H2,1-5H3;1H;1H2. The quantitative estimate of drug-likeness (QED) is 0.318. The molecular weight excluding hydrogens is 505 g/mol. The van der Waals surface area contributed by atoms with Gasteiger partial charge in [-0.25, -0.2) is 0 Å². The second kappa shape index (κ2) is 14.5. The monoisotopic (exact) mass is 545 g/mol. The van der Waals surface area contributed by atoms with Crippen LogP contribution in [-0.4, -0.2) is 56.9 Å². The summed E-state index contributed by atoms with van der Waals surface area (Å²) in [5.41, 5.74) is 3.48. The Morgan fingerprint density at radius 1 is 0.971 bits per heavy atom. The Morgan fingerprint density at radius 2 is 1.54 bits per heavy atom. The van der Waals surface area contributed by atoms with Gasteiger partial charge in [0.15, 0.2) is 0 Å². The number of ether oxygens (including phenoxy) is 1. The van der Waals surface area contributed by atoms with Gasteiger partial charge in [-0.2, -0.15) is 0 Å². The average molecular weight is 547 g/mol. The van der Waals surface area contributed by atoms with Gasteiger partial charge in [-0.3, -0.25) is 4.90 Å². The molecule has 0 saturated carbocycles. The fourth-order valence-corrected chi connectivity index (χ4v) is 4.95. The fourth-order valence-electron chi connectivity index (χ4n) is 4.34. The number of anilines is 2. The molecule has 0 radical (unpaired) electrons. The fraction of sp³-hybridized carbons (Fsp3) is 0.556. The highest BCUT2D eigenvalue weighted by Gasteiger charge is 2.30. The molecule has 1 saturated heterocycles. The molecule has 0 amide bonds. The Balaban J connectivity index is 0.00000306. The van der Waals surface area contributed by atoms with Crippen LogP contribution in [0.15, 0.2) is 42.5 Å². The van der Waals surface area contributed by atoms with Gasteiger partial charge >= 0.3 is 0 Å². The summed E-state index contributed by atoms with van der Waals surface area (Å²) in [6.45, 7) is 11.0. The Bertz CT molecular complexity index is 862. The predicted molar refractivity (Wildman–Crippen MR) is 154 cm³/mol. The minimum absolute atomic E-state index is 0. The van der Waals surface area contributed by atoms with Gasteiger partial charge < -0.3 is 20.0 Å². The second-order valence-corrected chi connectivity index (χ2v) is 11.2. The third kappa shape index (κ3) is 9.31. The van der Waals surface area contributed by atoms with Crippen LogP contribution in [0.3, 0.4) is 0 Å². The summed E-state index contributed by atoms with van der Waals surface area (Å²) in [5.74, 6) is 0. The van der Waals surface area contributed by atoms with Crippen molar-refractivity contribution in [2.24, 2.45) is 5.41 Å². The molecule has 1 atom stereocenters. The zero-order chi connectivity index (χ0) is 24.0. The zero-order valence-corrected chi connectivity index (χ0v) is 24.0. The van der Waals surface area contributed by atoms with Crippen molar-refractivity contribution in [2.45, 2.75) is 52.7 Å². The molecule has 0 aromatic heterocycles. The van der Waals surface area contributed by atoms with E-state index in [1.54, 1.807) is 0 Å². The van der Waals surface area contributed by atoms with Gasteiger partial charge in [0.1, 0.15) is 0 Å². The van der Waals surface area contributed by atoms with Crippen LogP contribution in [0.2, 0.25) is 10.0 Å². The van der Waals surface area contributed by atoms with Crippen molar-refractivity contribution in [3.63, 3.8) is 0 Å². The molecule has 2 aromatic carbocycles. The van der Waals surface area contributed by atoms with E-state index in [9.17, 15) is 0 Å². The molecule has 35 heavy (non-hydrogen) atoms. The van der Waals surface area contributed by atoms with Crippen molar-refractivity contribution in [1.82, 2.24) is 4.90 Å². The Hall–Kier alpha value is -1.21. The smallest absolute Gasteiger partial charge is 0.0847 e. The summed E-state index contributed by atoms with van der Waals surface area (Å²) in [7, 11) is 4.12. The number of hydrogen-bond donors (Lipinski definition) is 0. The van der Waals surface area contributed by atoms with Gasteiger partial charge in [-0.1, -0.05) is 62.2 Å². The van der Waals surface area contributed by atoms with Crippen molar-refractivity contribution in [2.75, 3.05) is 50.2 Å². The highest BCUT2D eigenvalue weighted by Crippen LogP contribution is 2.37. The van der Waals surface area contributed by atoms with E-state index < -0.39 is 0 Å². The first-order valence-electron chi connectivity index (χ1n) is 11.9. The van der Waals surface area contributed by atoms with E-state index in [-0.39, 0.29) is 29.5 Å². The number of halogens is 3. The summed E-state index contributed by atoms with van der Waals surface area (Å²) in [5, 5.41) is 1.37. The second-order valence-electron chi connectivity index (χ2n) is 10.4. The van der Waals surface area contributed by atoms with E-state index in [4.69, 9.17) is 27.9 Å². The lowest BCUT2D eigenvalue weighted by atomic mass is 9.99. The summed E-state index contributed by atoms with van der Waals surface area (Å²) >= 11 is 13.5. The topological polar surface area (TPSA) is 50.5 Å². The summed E-state index contributed by atoms with van der Waals surface area (Å²) in [4.78, 5) is 7.07. The van der Waals surface area contributed by atoms with Crippen LogP contribution >= 0.6 is 35.6 Å². The van der Waals surface area contributed by atoms with Gasteiger partial charge in [0.05, 0.1) is 28.5 Å². The lowest BCUT2D eigenvalue weighted by molar-refractivity contribution is 0.0548. The molecule has 1 heterocycles. The average Bonchev–Trinajstić information content (AvgIpc) is 3.27. The number of benzene rings is 2. The number of nitrogens with zero attached hydrogens (tertiary/aromatic N) is 3. The molecule has 5 nitrogen and oxygen atoms in total. The first-order valence-corrected chi connectivity index (χ1v) is 12.7. The molecule has 2 N–H and O–H groups in total. The van der Waals surface area contributed by atoms with Crippen LogP contribution in [0.4, 0.5) is 11.4 Å². The molecule has 0 spiro atoms. The van der Waals surface area contributed by atoms with Crippen LogP contribution in [0, 0.1) is 5.41 Å². The van der Waals surface area contributed by atoms with Crippen LogP contribution in [0.25, 0.3) is 0 Å². The largest absolute Gasteiger partial charge is 0.412 e. The van der Waals surface area contributed by atoms with E-state index >= 15 is 0 Å². The van der Waals surface area contributed by atoms with Gasteiger partial charge in [0.25, 0.3) is 0 Å². The summed E-state index contributed by atoms with van der Waals surface area (Å²) < 4.78 is 6.10. The van der Waals surface area contributed by atoms with Crippen molar-refractivity contribution in [3.05, 3.63) is 58.1 Å². The first-order chi connectivity index (χ1) is 15.7. The normalized spacial score (nSPS) is 14.7. The lowest BCUT2D eigenvalue weighted by Crippen LogP contribution is -2.48. The first kappa shape index (κ1) is 31.8. The van der Waals surface area contributed by atoms with Gasteiger partial charge in [-0.15, -0.1) is 12.4 Å². The Kier molecular flexibility index (Phi) is 13.2. The molecule has 1 aliphatic heterocycles. The minimum atomic E-state index is 0. The highest BCUT2D eigenvalue weighted by atomic mass is 35.5. The van der Waals surface area contributed by atoms with Crippen LogP contribution in [0.1, 0.15) is 45.6 Å². The molecule has 3 rings (SSSR count). The number of likely N-dealkylation sites (tertiary alicyclic amines) is 1. The van der Waals surface area contributed by atoms with E-state index in [1.807, 2.05) is 18.2 Å². The molecule has 1 fully saturated rings. The lowest BCUT2D eigenvalue weighted by Gasteiger charge is -2.40. The number of hydrogen-bond acceptors (Lipinski definition) is 4. The van der Waals surface area contributed by atoms with Crippen LogP contribution in [-0.2, 0) is 11.3 Å². The van der Waals surface area contributed by atoms with E-state index in [0.29, 0.717) is 16.7 Å². The van der Waals surface area contributed by atoms with E-state index in [0.717, 1.165) is 38.3 Å². The van der Waals surface area contributed by atoms with Crippen molar-refractivity contribution in [1.29, 1.82) is 0 Å². The maximum absolute atomic E-state index is 6.75. The molecule has 8 heteroatoms. The van der Waals surface area contributed by atoms with E-state index in [2.05, 4.69) is 73.8 Å². The molecule has 0 aliphatic carbocycles. The van der Waals surface area contributed by atoms with Crippen LogP contribution in [0.5, 0.6) is 0 Å². The Labute approximate surface area is 228 Å². The zero-order valence-electron chi connectivity index (χ0n) is 21.7. The van der Waals surface area contributed by atoms with Gasteiger partial charge in [0.2, 0.25) is 0 Å². The molecule has 0 bridgehead atoms. The van der Waals surface area contributed by atoms with Crippen molar-refractivity contribution < 1.29 is 10.2 Å².